The van der Waals surface area contributed by atoms with Crippen molar-refractivity contribution < 1.29 is 75.2 Å². The second-order valence-corrected chi connectivity index (χ2v) is 28.5. The summed E-state index contributed by atoms with van der Waals surface area (Å²) in [6.07, 6.45) is 15.4. The number of amides is 2. The van der Waals surface area contributed by atoms with E-state index in [9.17, 15) is 61.5 Å². The zero-order chi connectivity index (χ0) is 64.8. The van der Waals surface area contributed by atoms with Gasteiger partial charge in [-0.05, 0) is 125 Å². The predicted octanol–water partition coefficient (Wildman–Crippen LogP) is 6.07. The van der Waals surface area contributed by atoms with Crippen molar-refractivity contribution in [2.45, 2.75) is 106 Å². The number of aryl methyl sites for hydroxylation is 2. The van der Waals surface area contributed by atoms with E-state index in [4.69, 9.17) is 14.9 Å². The molecule has 1 unspecified atom stereocenters. The van der Waals surface area contributed by atoms with Gasteiger partial charge in [-0.1, -0.05) is 43.2 Å². The van der Waals surface area contributed by atoms with Gasteiger partial charge < -0.3 is 35.0 Å². The van der Waals surface area contributed by atoms with Gasteiger partial charge in [0.15, 0.2) is 29.4 Å². The molecule has 27 nitrogen and oxygen atoms in total. The molecule has 7 aromatic rings. The lowest BCUT2D eigenvalue weighted by Crippen LogP contribution is -2.36. The van der Waals surface area contributed by atoms with Crippen LogP contribution in [0.1, 0.15) is 88.8 Å². The summed E-state index contributed by atoms with van der Waals surface area (Å²) in [4.78, 5) is 35.7. The van der Waals surface area contributed by atoms with E-state index in [0.717, 1.165) is 18.4 Å². The number of anilines is 2. The smallest absolute Gasteiger partial charge is 0.294 e. The number of unbranched alkanes of at least 4 members (excludes halogenated alkanes) is 2. The molecule has 31 heteroatoms. The average Bonchev–Trinajstić information content (AvgIpc) is 1.61. The number of hydrogen-bond donors (Lipinski definition) is 6. The van der Waals surface area contributed by atoms with Crippen LogP contribution in [0.25, 0.3) is 28.3 Å². The molecule has 9 rings (SSSR count). The Morgan fingerprint density at radius 1 is 0.778 bits per heavy atom. The molecule has 1 atom stereocenters. The van der Waals surface area contributed by atoms with Crippen LogP contribution in [0.15, 0.2) is 136 Å². The van der Waals surface area contributed by atoms with Gasteiger partial charge in [0, 0.05) is 73.5 Å². The Morgan fingerprint density at radius 3 is 2.19 bits per heavy atom. The minimum absolute atomic E-state index is 0.00495. The van der Waals surface area contributed by atoms with E-state index in [0.29, 0.717) is 100 Å². The number of aromatic nitrogens is 6. The van der Waals surface area contributed by atoms with Crippen LogP contribution in [0, 0.1) is 0 Å². The number of allylic oxidation sites excluding steroid dienone is 6. The van der Waals surface area contributed by atoms with E-state index in [-0.39, 0.29) is 74.7 Å². The molecule has 0 saturated carbocycles. The monoisotopic (exact) mass is 1320 g/mol. The van der Waals surface area contributed by atoms with Gasteiger partial charge >= 0.3 is 0 Å². The fourth-order valence-electron chi connectivity index (χ4n) is 11.4. The van der Waals surface area contributed by atoms with E-state index in [1.165, 1.54) is 47.2 Å². The van der Waals surface area contributed by atoms with Crippen LogP contribution in [-0.2, 0) is 73.9 Å². The third-order valence-electron chi connectivity index (χ3n) is 15.8. The van der Waals surface area contributed by atoms with E-state index in [1.54, 1.807) is 70.1 Å². The van der Waals surface area contributed by atoms with Gasteiger partial charge in [-0.25, -0.2) is 18.1 Å². The molecule has 480 valence electrons. The molecule has 0 saturated heterocycles. The number of nitrogens with two attached hydrogens (primary N) is 1. The molecule has 2 amide bonds. The maximum absolute atomic E-state index is 12.9. The molecule has 6 heterocycles. The van der Waals surface area contributed by atoms with Gasteiger partial charge in [0.05, 0.1) is 44.6 Å². The zero-order valence-corrected chi connectivity index (χ0v) is 52.7. The van der Waals surface area contributed by atoms with E-state index < -0.39 is 67.7 Å². The first kappa shape index (κ1) is 66.3. The molecule has 2 aliphatic rings. The molecule has 3 aromatic carbocycles. The summed E-state index contributed by atoms with van der Waals surface area (Å²) in [6, 6.07) is 19.0. The molecule has 0 bridgehead atoms. The summed E-state index contributed by atoms with van der Waals surface area (Å²) in [5, 5.41) is 15.2. The minimum atomic E-state index is -4.82. The lowest BCUT2D eigenvalue weighted by atomic mass is 9.77. The number of nitrogens with zero attached hydrogens (tertiary/aromatic N) is 8. The van der Waals surface area contributed by atoms with Crippen molar-refractivity contribution in [3.8, 4) is 17.3 Å². The number of fused-ring (bicyclic) bond motifs is 5. The highest BCUT2D eigenvalue weighted by Crippen LogP contribution is 2.51. The lowest BCUT2D eigenvalue weighted by molar-refractivity contribution is -0.437. The Kier molecular flexibility index (Phi) is 20.0. The van der Waals surface area contributed by atoms with Gasteiger partial charge in [-0.3, -0.25) is 23.2 Å². The highest BCUT2D eigenvalue weighted by molar-refractivity contribution is 7.86. The number of carbonyl (C=O) groups is 2. The SMILES string of the molecule is CC1(C)C(/C=C/C=C/C=C2/N(CCCS(=O)(=O)O)c3ccc(S(=O)(=O)O)cc3C2(C)CCCCCC(=O)NCCNC(=O)COc2ccc(CCCn3ncc4c3nc(N)n3nc(-c5ccco5)nc43)cc2)=[N+](CCCS(=O)(=O)O)c2ccc(S(=O)(=O)[O-])cc21. The topological polar surface area (TPSA) is 394 Å². The van der Waals surface area contributed by atoms with Crippen LogP contribution in [0.4, 0.5) is 17.3 Å². The van der Waals surface area contributed by atoms with Crippen LogP contribution in [0.5, 0.6) is 5.75 Å². The molecular weight excluding hydrogens is 1250 g/mol. The Labute approximate surface area is 520 Å². The third-order valence-corrected chi connectivity index (χ3v) is 19.1. The molecule has 0 spiro atoms. The van der Waals surface area contributed by atoms with Gasteiger partial charge in [-0.2, -0.15) is 44.4 Å². The maximum Gasteiger partial charge on any atom is 0.294 e. The molecule has 0 radical (unpaired) electrons. The molecular formula is C59H69N11O16S4. The molecule has 0 fully saturated rings. The van der Waals surface area contributed by atoms with Crippen molar-refractivity contribution in [1.29, 1.82) is 0 Å². The minimum Gasteiger partial charge on any atom is -0.744 e. The number of carbonyl (C=O) groups excluding carboxylic acids is 2. The summed E-state index contributed by atoms with van der Waals surface area (Å²) >= 11 is 0. The van der Waals surface area contributed by atoms with Crippen molar-refractivity contribution in [2.75, 3.05) is 54.9 Å². The number of rotatable bonds is 30. The lowest BCUT2D eigenvalue weighted by Gasteiger charge is -2.30. The summed E-state index contributed by atoms with van der Waals surface area (Å²) in [5.74, 6) is -0.169. The Bertz CT molecular complexity index is 4450. The first-order valence-electron chi connectivity index (χ1n) is 28.8. The van der Waals surface area contributed by atoms with Crippen molar-refractivity contribution in [1.82, 2.24) is 40.0 Å². The number of hydrogen-bond acceptors (Lipinski definition) is 19. The van der Waals surface area contributed by atoms with E-state index >= 15 is 0 Å². The highest BCUT2D eigenvalue weighted by Gasteiger charge is 2.46. The number of ether oxygens (including phenoxy) is 1. The van der Waals surface area contributed by atoms with Crippen molar-refractivity contribution in [3.05, 3.63) is 138 Å². The van der Waals surface area contributed by atoms with Gasteiger partial charge in [0.2, 0.25) is 23.4 Å². The van der Waals surface area contributed by atoms with Crippen LogP contribution in [0.2, 0.25) is 0 Å². The third kappa shape index (κ3) is 15.9. The van der Waals surface area contributed by atoms with E-state index in [2.05, 4.69) is 30.8 Å². The maximum atomic E-state index is 12.9. The van der Waals surface area contributed by atoms with Crippen LogP contribution >= 0.6 is 0 Å². The number of furan rings is 1. The summed E-state index contributed by atoms with van der Waals surface area (Å²) < 4.78 is 154. The standard InChI is InChI=1S/C59H69N11O16S4/c1-58(2)45-36-42(89(79,80)81)23-25-47(45)67(30-12-34-87(73,74)75)50(58)16-6-4-7-17-51-59(3,46-37-43(90(82,83)84)24-26-48(46)68(51)31-13-35-88(76,77)78)27-9-5-8-18-52(71)61-28-29-62-53(72)39-86-41-21-19-40(20-22-41)14-10-32-69-55-44(38-63-69)56-64-54(49-15-11-33-85-49)66-70(56)57(60)65-55/h4,6-7,11,15-17,19-26,33,36-38H,5,8-10,12-14,18,27-32,34-35,39H2,1-3H3,(H7-,60,61,62,63,64,65,66,71,72,73,74,75,76,77,78,79,80,81,82,83,84). The summed E-state index contributed by atoms with van der Waals surface area (Å²) in [6.45, 7) is 6.33. The van der Waals surface area contributed by atoms with E-state index in [1.807, 2.05) is 37.8 Å². The Hall–Kier alpha value is -8.17. The fraction of sp³-hybridized carbons (Fsp3) is 0.373. The molecule has 2 aliphatic heterocycles. The molecule has 4 aromatic heterocycles. The highest BCUT2D eigenvalue weighted by atomic mass is 32.2. The molecule has 90 heavy (non-hydrogen) atoms. The average molecular weight is 1320 g/mol. The van der Waals surface area contributed by atoms with Crippen molar-refractivity contribution in [3.63, 3.8) is 0 Å². The fourth-order valence-corrected chi connectivity index (χ4v) is 13.4. The van der Waals surface area contributed by atoms with Crippen LogP contribution < -0.4 is 26.0 Å². The normalized spacial score (nSPS) is 16.5. The molecule has 7 N–H and O–H groups in total. The van der Waals surface area contributed by atoms with Gasteiger partial charge in [-0.15, -0.1) is 5.10 Å². The summed E-state index contributed by atoms with van der Waals surface area (Å²) in [5.41, 5.74) is 9.87. The predicted molar refractivity (Wildman–Crippen MR) is 332 cm³/mol. The second-order valence-electron chi connectivity index (χ2n) is 22.5. The van der Waals surface area contributed by atoms with Crippen molar-refractivity contribution in [2.24, 2.45) is 0 Å². The zero-order valence-electron chi connectivity index (χ0n) is 49.4. The summed E-state index contributed by atoms with van der Waals surface area (Å²) in [7, 11) is -18.2. The van der Waals surface area contributed by atoms with Gasteiger partial charge in [0.25, 0.3) is 36.3 Å². The first-order valence-corrected chi connectivity index (χ1v) is 34.8. The Balaban J connectivity index is 0.768. The van der Waals surface area contributed by atoms with Crippen molar-refractivity contribution >= 4 is 92.0 Å². The second kappa shape index (κ2) is 27.1. The quantitative estimate of drug-likeness (QED) is 0.0129. The van der Waals surface area contributed by atoms with Gasteiger partial charge in [0.1, 0.15) is 22.4 Å². The molecule has 0 aliphatic carbocycles. The number of benzene rings is 3. The van der Waals surface area contributed by atoms with Crippen LogP contribution in [-0.4, -0.2) is 148 Å². The number of nitrogens with one attached hydrogen (secondary N) is 2. The first-order chi connectivity index (χ1) is 42.5. The largest absolute Gasteiger partial charge is 0.744 e. The Morgan fingerprint density at radius 2 is 1.49 bits per heavy atom. The van der Waals surface area contributed by atoms with Crippen LogP contribution in [0.3, 0.4) is 0 Å². The number of nitrogen functional groups attached to an aromatic ring is 1.